The number of hydrogen-bond donors (Lipinski definition) is 6. The fraction of sp³-hybridized carbons (Fsp3) is 0.867. The van der Waals surface area contributed by atoms with Crippen molar-refractivity contribution in [3.63, 3.8) is 0 Å². The standard InChI is InChI=1S/C15H32N4O2S2/c1-14(2,20)6-10-18-12(22)16-8-5-9-17-13(23)19-11-7-15(3,4)21/h20-21H,5-11H2,1-4H3,(H2,16,18,22)(H2,17,19,23). The van der Waals surface area contributed by atoms with Crippen LogP contribution in [0.3, 0.4) is 0 Å². The molecule has 0 radical (unpaired) electrons. The van der Waals surface area contributed by atoms with Crippen molar-refractivity contribution in [2.45, 2.75) is 58.2 Å². The summed E-state index contributed by atoms with van der Waals surface area (Å²) >= 11 is 10.3. The molecule has 136 valence electrons. The second-order valence-corrected chi connectivity index (χ2v) is 7.66. The van der Waals surface area contributed by atoms with Gasteiger partial charge in [-0.3, -0.25) is 0 Å². The zero-order valence-corrected chi connectivity index (χ0v) is 16.3. The van der Waals surface area contributed by atoms with Crippen LogP contribution < -0.4 is 21.3 Å². The topological polar surface area (TPSA) is 88.6 Å². The van der Waals surface area contributed by atoms with E-state index in [9.17, 15) is 10.2 Å². The minimum atomic E-state index is -0.680. The van der Waals surface area contributed by atoms with Crippen LogP contribution in [0, 0.1) is 0 Å². The van der Waals surface area contributed by atoms with E-state index in [0.717, 1.165) is 19.5 Å². The molecule has 0 atom stereocenters. The molecule has 0 unspecified atom stereocenters. The summed E-state index contributed by atoms with van der Waals surface area (Å²) in [4.78, 5) is 0. The Kier molecular flexibility index (Phi) is 10.6. The molecule has 0 rings (SSSR count). The van der Waals surface area contributed by atoms with Crippen molar-refractivity contribution in [3.05, 3.63) is 0 Å². The van der Waals surface area contributed by atoms with Crippen molar-refractivity contribution in [2.75, 3.05) is 26.2 Å². The fourth-order valence-electron chi connectivity index (χ4n) is 1.58. The molecule has 0 bridgehead atoms. The Bertz CT molecular complexity index is 331. The molecule has 0 spiro atoms. The van der Waals surface area contributed by atoms with Crippen LogP contribution in [0.4, 0.5) is 0 Å². The number of thiocarbonyl (C=S) groups is 2. The van der Waals surface area contributed by atoms with Crippen molar-refractivity contribution in [1.29, 1.82) is 0 Å². The Morgan fingerprint density at radius 3 is 1.30 bits per heavy atom. The van der Waals surface area contributed by atoms with Gasteiger partial charge < -0.3 is 31.5 Å². The van der Waals surface area contributed by atoms with Gasteiger partial charge in [0.25, 0.3) is 0 Å². The van der Waals surface area contributed by atoms with Gasteiger partial charge in [-0.25, -0.2) is 0 Å². The number of rotatable bonds is 10. The Balaban J connectivity index is 3.51. The van der Waals surface area contributed by atoms with E-state index < -0.39 is 11.2 Å². The van der Waals surface area contributed by atoms with Crippen molar-refractivity contribution in [3.8, 4) is 0 Å². The molecule has 0 aliphatic carbocycles. The summed E-state index contributed by atoms with van der Waals surface area (Å²) in [6.07, 6.45) is 2.16. The van der Waals surface area contributed by atoms with Crippen LogP contribution in [0.15, 0.2) is 0 Å². The van der Waals surface area contributed by atoms with Crippen LogP contribution in [0.2, 0.25) is 0 Å². The highest BCUT2D eigenvalue weighted by atomic mass is 32.1. The SMILES string of the molecule is CC(C)(O)CCNC(=S)NCCCNC(=S)NCCC(C)(C)O. The first-order valence-electron chi connectivity index (χ1n) is 7.98. The highest BCUT2D eigenvalue weighted by molar-refractivity contribution is 7.80. The molecule has 6 N–H and O–H groups in total. The highest BCUT2D eigenvalue weighted by Crippen LogP contribution is 2.05. The normalized spacial score (nSPS) is 11.7. The van der Waals surface area contributed by atoms with Gasteiger partial charge >= 0.3 is 0 Å². The Hall–Kier alpha value is -0.700. The first kappa shape index (κ1) is 22.3. The molecule has 8 heteroatoms. The summed E-state index contributed by atoms with van der Waals surface area (Å²) in [5, 5.41) is 32.7. The summed E-state index contributed by atoms with van der Waals surface area (Å²) in [6, 6.07) is 0. The fourth-order valence-corrected chi connectivity index (χ4v) is 1.99. The van der Waals surface area contributed by atoms with E-state index in [1.165, 1.54) is 0 Å². The van der Waals surface area contributed by atoms with Gasteiger partial charge in [0.1, 0.15) is 0 Å². The van der Waals surface area contributed by atoms with Crippen LogP contribution >= 0.6 is 24.4 Å². The second-order valence-electron chi connectivity index (χ2n) is 6.84. The zero-order valence-electron chi connectivity index (χ0n) is 14.7. The molecule has 0 aromatic carbocycles. The first-order valence-corrected chi connectivity index (χ1v) is 8.79. The third-order valence-electron chi connectivity index (χ3n) is 2.97. The largest absolute Gasteiger partial charge is 0.390 e. The van der Waals surface area contributed by atoms with E-state index in [1.807, 2.05) is 0 Å². The number of aliphatic hydroxyl groups is 2. The van der Waals surface area contributed by atoms with Gasteiger partial charge in [0.05, 0.1) is 11.2 Å². The lowest BCUT2D eigenvalue weighted by atomic mass is 10.1. The average Bonchev–Trinajstić information content (AvgIpc) is 2.35. The second kappa shape index (κ2) is 11.0. The molecular weight excluding hydrogens is 332 g/mol. The third kappa shape index (κ3) is 17.5. The van der Waals surface area contributed by atoms with Crippen LogP contribution in [-0.4, -0.2) is 57.8 Å². The Morgan fingerprint density at radius 2 is 1.00 bits per heavy atom. The zero-order chi connectivity index (χ0) is 17.9. The number of nitrogens with one attached hydrogen (secondary N) is 4. The minimum absolute atomic E-state index is 0.597. The molecule has 0 heterocycles. The van der Waals surface area contributed by atoms with E-state index >= 15 is 0 Å². The van der Waals surface area contributed by atoms with Crippen molar-refractivity contribution < 1.29 is 10.2 Å². The van der Waals surface area contributed by atoms with Crippen LogP contribution in [-0.2, 0) is 0 Å². The van der Waals surface area contributed by atoms with Crippen molar-refractivity contribution in [2.24, 2.45) is 0 Å². The lowest BCUT2D eigenvalue weighted by molar-refractivity contribution is 0.0718. The average molecular weight is 365 g/mol. The van der Waals surface area contributed by atoms with E-state index in [2.05, 4.69) is 21.3 Å². The van der Waals surface area contributed by atoms with Gasteiger partial charge in [0.2, 0.25) is 0 Å². The molecule has 0 aromatic rings. The summed E-state index contributed by atoms with van der Waals surface area (Å²) in [5.74, 6) is 0. The summed E-state index contributed by atoms with van der Waals surface area (Å²) < 4.78 is 0. The summed E-state index contributed by atoms with van der Waals surface area (Å²) in [7, 11) is 0. The lowest BCUT2D eigenvalue weighted by Gasteiger charge is -2.18. The van der Waals surface area contributed by atoms with Gasteiger partial charge in [-0.2, -0.15) is 0 Å². The molecule has 0 saturated carbocycles. The van der Waals surface area contributed by atoms with Gasteiger partial charge in [-0.05, 0) is 71.4 Å². The van der Waals surface area contributed by atoms with Crippen molar-refractivity contribution >= 4 is 34.7 Å². The maximum Gasteiger partial charge on any atom is 0.166 e. The Morgan fingerprint density at radius 1 is 0.696 bits per heavy atom. The van der Waals surface area contributed by atoms with E-state index in [4.69, 9.17) is 24.4 Å². The molecule has 23 heavy (non-hydrogen) atoms. The molecule has 6 nitrogen and oxygen atoms in total. The molecule has 0 saturated heterocycles. The molecule has 0 amide bonds. The molecule has 0 aliphatic rings. The van der Waals surface area contributed by atoms with E-state index in [1.54, 1.807) is 27.7 Å². The molecule has 0 fully saturated rings. The predicted molar refractivity (Wildman–Crippen MR) is 104 cm³/mol. The van der Waals surface area contributed by atoms with Gasteiger partial charge in [0, 0.05) is 26.2 Å². The van der Waals surface area contributed by atoms with Crippen LogP contribution in [0.5, 0.6) is 0 Å². The maximum absolute atomic E-state index is 9.59. The summed E-state index contributed by atoms with van der Waals surface area (Å²) in [5.41, 5.74) is -1.36. The lowest BCUT2D eigenvalue weighted by Crippen LogP contribution is -2.41. The van der Waals surface area contributed by atoms with E-state index in [0.29, 0.717) is 36.2 Å². The smallest absolute Gasteiger partial charge is 0.166 e. The van der Waals surface area contributed by atoms with Crippen molar-refractivity contribution in [1.82, 2.24) is 21.3 Å². The van der Waals surface area contributed by atoms with Crippen LogP contribution in [0.1, 0.15) is 47.0 Å². The summed E-state index contributed by atoms with van der Waals surface area (Å²) in [6.45, 7) is 9.86. The Labute approximate surface area is 150 Å². The quantitative estimate of drug-likeness (QED) is 0.249. The van der Waals surface area contributed by atoms with Gasteiger partial charge in [0.15, 0.2) is 10.2 Å². The monoisotopic (exact) mass is 364 g/mol. The maximum atomic E-state index is 9.59. The van der Waals surface area contributed by atoms with Crippen LogP contribution in [0.25, 0.3) is 0 Å². The minimum Gasteiger partial charge on any atom is -0.390 e. The highest BCUT2D eigenvalue weighted by Gasteiger charge is 2.12. The van der Waals surface area contributed by atoms with Gasteiger partial charge in [-0.1, -0.05) is 0 Å². The molecule has 0 aliphatic heterocycles. The molecular formula is C15H32N4O2S2. The van der Waals surface area contributed by atoms with E-state index in [-0.39, 0.29) is 0 Å². The third-order valence-corrected chi connectivity index (χ3v) is 3.55. The first-order chi connectivity index (χ1) is 10.5. The number of hydrogen-bond acceptors (Lipinski definition) is 4. The van der Waals surface area contributed by atoms with Gasteiger partial charge in [-0.15, -0.1) is 0 Å². The predicted octanol–water partition coefficient (Wildman–Crippen LogP) is 0.627. The molecule has 0 aromatic heterocycles.